The van der Waals surface area contributed by atoms with Gasteiger partial charge in [-0.05, 0) is 6.42 Å². The molecule has 0 aromatic heterocycles. The van der Waals surface area contributed by atoms with Crippen molar-refractivity contribution >= 4 is 5.97 Å². The van der Waals surface area contributed by atoms with E-state index in [0.717, 1.165) is 0 Å². The zero-order valence-electron chi connectivity index (χ0n) is 5.33. The topological polar surface area (TPSA) is 46.5 Å². The first-order chi connectivity index (χ1) is 4.25. The fourth-order valence-electron chi connectivity index (χ4n) is 0.987. The van der Waals surface area contributed by atoms with Crippen LogP contribution < -0.4 is 0 Å². The highest BCUT2D eigenvalue weighted by molar-refractivity contribution is 5.74. The van der Waals surface area contributed by atoms with Crippen molar-refractivity contribution in [2.45, 2.75) is 19.4 Å². The third-order valence-corrected chi connectivity index (χ3v) is 1.60. The Kier molecular flexibility index (Phi) is 1.71. The molecule has 0 saturated carbocycles. The van der Waals surface area contributed by atoms with E-state index < -0.39 is 6.10 Å². The first kappa shape index (κ1) is 6.55. The number of aliphatic hydroxyl groups excluding tert-OH is 1. The van der Waals surface area contributed by atoms with Crippen LogP contribution in [0.4, 0.5) is 0 Å². The fourth-order valence-corrected chi connectivity index (χ4v) is 0.987. The van der Waals surface area contributed by atoms with Gasteiger partial charge in [-0.25, -0.2) is 0 Å². The number of carbonyl (C=O) groups is 1. The maximum atomic E-state index is 10.6. The Morgan fingerprint density at radius 1 is 1.89 bits per heavy atom. The van der Waals surface area contributed by atoms with E-state index in [9.17, 15) is 4.79 Å². The van der Waals surface area contributed by atoms with Gasteiger partial charge in [-0.1, -0.05) is 6.92 Å². The molecule has 1 aliphatic heterocycles. The molecule has 52 valence electrons. The molecular formula is C6H10O3. The second kappa shape index (κ2) is 2.35. The van der Waals surface area contributed by atoms with Gasteiger partial charge < -0.3 is 9.84 Å². The molecule has 0 aromatic carbocycles. The van der Waals surface area contributed by atoms with Gasteiger partial charge in [0.15, 0.2) is 0 Å². The smallest absolute Gasteiger partial charge is 0.311 e. The highest BCUT2D eigenvalue weighted by atomic mass is 16.6. The van der Waals surface area contributed by atoms with E-state index in [-0.39, 0.29) is 18.5 Å². The molecule has 0 amide bonds. The molecule has 0 aliphatic carbocycles. The largest absolute Gasteiger partial charge is 0.463 e. The van der Waals surface area contributed by atoms with Crippen molar-refractivity contribution in [3.8, 4) is 0 Å². The van der Waals surface area contributed by atoms with E-state index in [1.807, 2.05) is 6.92 Å². The van der Waals surface area contributed by atoms with Crippen molar-refractivity contribution in [3.05, 3.63) is 0 Å². The minimum Gasteiger partial charge on any atom is -0.463 e. The first-order valence-electron chi connectivity index (χ1n) is 3.10. The van der Waals surface area contributed by atoms with Gasteiger partial charge in [0.2, 0.25) is 0 Å². The van der Waals surface area contributed by atoms with Crippen LogP contribution in [0.3, 0.4) is 0 Å². The van der Waals surface area contributed by atoms with Crippen molar-refractivity contribution in [1.29, 1.82) is 0 Å². The average molecular weight is 130 g/mol. The zero-order chi connectivity index (χ0) is 6.85. The highest BCUT2D eigenvalue weighted by Gasteiger charge is 2.33. The molecule has 0 bridgehead atoms. The monoisotopic (exact) mass is 130 g/mol. The predicted molar refractivity (Wildman–Crippen MR) is 30.7 cm³/mol. The van der Waals surface area contributed by atoms with Crippen LogP contribution in [0.2, 0.25) is 0 Å². The van der Waals surface area contributed by atoms with Gasteiger partial charge >= 0.3 is 5.97 Å². The molecule has 3 heteroatoms. The van der Waals surface area contributed by atoms with Crippen molar-refractivity contribution in [2.24, 2.45) is 5.92 Å². The summed E-state index contributed by atoms with van der Waals surface area (Å²) in [5.74, 6) is -0.532. The Bertz CT molecular complexity index is 121. The average Bonchev–Trinajstić information content (AvgIpc) is 2.12. The Hall–Kier alpha value is -0.570. The van der Waals surface area contributed by atoms with Crippen molar-refractivity contribution in [3.63, 3.8) is 0 Å². The minimum atomic E-state index is -0.567. The number of cyclic esters (lactones) is 1. The highest BCUT2D eigenvalue weighted by Crippen LogP contribution is 2.17. The van der Waals surface area contributed by atoms with Crippen LogP contribution in [0.25, 0.3) is 0 Å². The molecule has 1 rings (SSSR count). The van der Waals surface area contributed by atoms with E-state index in [1.165, 1.54) is 0 Å². The van der Waals surface area contributed by atoms with Gasteiger partial charge in [0, 0.05) is 0 Å². The van der Waals surface area contributed by atoms with Gasteiger partial charge in [-0.2, -0.15) is 0 Å². The van der Waals surface area contributed by atoms with Crippen molar-refractivity contribution in [2.75, 3.05) is 6.61 Å². The molecule has 1 N–H and O–H groups in total. The number of hydrogen-bond acceptors (Lipinski definition) is 3. The van der Waals surface area contributed by atoms with Crippen LogP contribution in [0.5, 0.6) is 0 Å². The summed E-state index contributed by atoms with van der Waals surface area (Å²) in [6.45, 7) is 2.04. The second-order valence-corrected chi connectivity index (χ2v) is 2.21. The third kappa shape index (κ3) is 1.05. The van der Waals surface area contributed by atoms with Crippen LogP contribution in [0.15, 0.2) is 0 Å². The quantitative estimate of drug-likeness (QED) is 0.505. The third-order valence-electron chi connectivity index (χ3n) is 1.60. The van der Waals surface area contributed by atoms with Crippen LogP contribution in [-0.4, -0.2) is 23.8 Å². The van der Waals surface area contributed by atoms with Crippen LogP contribution >= 0.6 is 0 Å². The molecule has 9 heavy (non-hydrogen) atoms. The van der Waals surface area contributed by atoms with Gasteiger partial charge in [-0.15, -0.1) is 0 Å². The van der Waals surface area contributed by atoms with Gasteiger partial charge in [0.1, 0.15) is 12.7 Å². The lowest BCUT2D eigenvalue weighted by molar-refractivity contribution is -0.141. The van der Waals surface area contributed by atoms with Gasteiger partial charge in [0.05, 0.1) is 5.92 Å². The molecular weight excluding hydrogens is 120 g/mol. The summed E-state index contributed by atoms with van der Waals surface area (Å²) < 4.78 is 4.58. The van der Waals surface area contributed by atoms with E-state index in [4.69, 9.17) is 5.11 Å². The summed E-state index contributed by atoms with van der Waals surface area (Å²) in [7, 11) is 0. The summed E-state index contributed by atoms with van der Waals surface area (Å²) in [6, 6.07) is 0. The SMILES string of the molecule is CC[C@H]1C(=O)OC[C@@H]1O. The summed E-state index contributed by atoms with van der Waals surface area (Å²) in [5, 5.41) is 9.01. The summed E-state index contributed by atoms with van der Waals surface area (Å²) >= 11 is 0. The summed E-state index contributed by atoms with van der Waals surface area (Å²) in [6.07, 6.45) is 0.0995. The standard InChI is InChI=1S/C6H10O3/c1-2-4-5(7)3-9-6(4)8/h4-5,7H,2-3H2,1H3/t4-,5+/m1/s1. The van der Waals surface area contributed by atoms with E-state index in [2.05, 4.69) is 4.74 Å². The van der Waals surface area contributed by atoms with Crippen LogP contribution in [0.1, 0.15) is 13.3 Å². The lowest BCUT2D eigenvalue weighted by Gasteiger charge is -2.03. The Labute approximate surface area is 53.6 Å². The second-order valence-electron chi connectivity index (χ2n) is 2.21. The molecule has 1 saturated heterocycles. The number of hydrogen-bond donors (Lipinski definition) is 1. The number of rotatable bonds is 1. The maximum Gasteiger partial charge on any atom is 0.311 e. The normalized spacial score (nSPS) is 34.7. The number of esters is 1. The van der Waals surface area contributed by atoms with Gasteiger partial charge in [0.25, 0.3) is 0 Å². The molecule has 0 aromatic rings. The van der Waals surface area contributed by atoms with E-state index in [1.54, 1.807) is 0 Å². The molecule has 1 fully saturated rings. The lowest BCUT2D eigenvalue weighted by Crippen LogP contribution is -2.19. The fraction of sp³-hybridized carbons (Fsp3) is 0.833. The Morgan fingerprint density at radius 2 is 2.56 bits per heavy atom. The Balaban J connectivity index is 2.55. The maximum absolute atomic E-state index is 10.6. The zero-order valence-corrected chi connectivity index (χ0v) is 5.33. The summed E-state index contributed by atoms with van der Waals surface area (Å²) in [5.41, 5.74) is 0. The molecule has 1 heterocycles. The molecule has 1 aliphatic rings. The Morgan fingerprint density at radius 3 is 2.78 bits per heavy atom. The van der Waals surface area contributed by atoms with E-state index in [0.29, 0.717) is 6.42 Å². The van der Waals surface area contributed by atoms with Crippen molar-refractivity contribution < 1.29 is 14.6 Å². The lowest BCUT2D eigenvalue weighted by atomic mass is 10.0. The number of aliphatic hydroxyl groups is 1. The molecule has 3 nitrogen and oxygen atoms in total. The number of ether oxygens (including phenoxy) is 1. The predicted octanol–water partition coefficient (Wildman–Crippen LogP) is -0.0697. The van der Waals surface area contributed by atoms with Gasteiger partial charge in [-0.3, -0.25) is 4.79 Å². The molecule has 2 atom stereocenters. The van der Waals surface area contributed by atoms with E-state index >= 15 is 0 Å². The van der Waals surface area contributed by atoms with Crippen molar-refractivity contribution in [1.82, 2.24) is 0 Å². The summed E-state index contributed by atoms with van der Waals surface area (Å²) in [4.78, 5) is 10.6. The minimum absolute atomic E-state index is 0.178. The first-order valence-corrected chi connectivity index (χ1v) is 3.10. The van der Waals surface area contributed by atoms with Crippen LogP contribution in [0, 0.1) is 5.92 Å². The number of carbonyl (C=O) groups excluding carboxylic acids is 1. The van der Waals surface area contributed by atoms with Crippen LogP contribution in [-0.2, 0) is 9.53 Å². The molecule has 0 radical (unpaired) electrons. The molecule has 0 spiro atoms. The molecule has 0 unspecified atom stereocenters.